The van der Waals surface area contributed by atoms with Crippen LogP contribution in [-0.4, -0.2) is 41.1 Å². The average molecular weight is 338 g/mol. The number of nitrogens with zero attached hydrogens (tertiary/aromatic N) is 2. The van der Waals surface area contributed by atoms with Crippen LogP contribution in [0, 0.1) is 6.92 Å². The third-order valence-electron chi connectivity index (χ3n) is 5.34. The highest BCUT2D eigenvalue weighted by atomic mass is 16.5. The Morgan fingerprint density at radius 2 is 2.04 bits per heavy atom. The van der Waals surface area contributed by atoms with Gasteiger partial charge in [-0.05, 0) is 64.2 Å². The molecule has 0 bridgehead atoms. The fraction of sp³-hybridized carbons (Fsp3) is 0.524. The lowest BCUT2D eigenvalue weighted by Crippen LogP contribution is -2.50. The van der Waals surface area contributed by atoms with Gasteiger partial charge in [-0.15, -0.1) is 0 Å². The Labute approximate surface area is 149 Å². The predicted molar refractivity (Wildman–Crippen MR) is 99.1 cm³/mol. The number of fused-ring (bicyclic) bond motifs is 2. The molecule has 1 aliphatic heterocycles. The number of carbonyl (C=O) groups is 1. The van der Waals surface area contributed by atoms with E-state index in [1.54, 1.807) is 0 Å². The van der Waals surface area contributed by atoms with Gasteiger partial charge in [-0.25, -0.2) is 0 Å². The molecular formula is C21H26N2O2. The van der Waals surface area contributed by atoms with E-state index in [0.29, 0.717) is 19.7 Å². The number of amides is 1. The van der Waals surface area contributed by atoms with Crippen molar-refractivity contribution in [3.05, 3.63) is 40.6 Å². The lowest BCUT2D eigenvalue weighted by molar-refractivity contribution is -0.0763. The Hall–Kier alpha value is -1.94. The molecule has 1 aromatic carbocycles. The number of hydrogen-bond donors (Lipinski definition) is 0. The number of ether oxygens (including phenoxy) is 1. The van der Waals surface area contributed by atoms with Crippen LogP contribution < -0.4 is 0 Å². The van der Waals surface area contributed by atoms with E-state index in [1.165, 1.54) is 11.1 Å². The van der Waals surface area contributed by atoms with Crippen LogP contribution in [0.2, 0.25) is 0 Å². The highest BCUT2D eigenvalue weighted by Crippen LogP contribution is 2.31. The Kier molecular flexibility index (Phi) is 4.03. The van der Waals surface area contributed by atoms with Crippen molar-refractivity contribution in [1.29, 1.82) is 0 Å². The molecule has 1 amide bonds. The summed E-state index contributed by atoms with van der Waals surface area (Å²) in [4.78, 5) is 20.4. The number of carbonyl (C=O) groups excluding carboxylic acids is 1. The van der Waals surface area contributed by atoms with Gasteiger partial charge in [0.2, 0.25) is 0 Å². The molecule has 4 nitrogen and oxygen atoms in total. The first kappa shape index (κ1) is 16.5. The summed E-state index contributed by atoms with van der Waals surface area (Å²) in [5, 5.41) is 1.01. The standard InChI is InChI=1S/C21H26N2O2/c1-14-8-9-18-16(12-14)19(15-6-4-5-7-17(15)22-18)20(24)23-10-11-25-21(2,3)13-23/h8-9,12H,4-7,10-11,13H2,1-3H3. The molecular weight excluding hydrogens is 312 g/mol. The Balaban J connectivity index is 1.87. The van der Waals surface area contributed by atoms with Gasteiger partial charge >= 0.3 is 0 Å². The molecule has 1 aromatic heterocycles. The molecule has 2 heterocycles. The second-order valence-electron chi connectivity index (χ2n) is 7.97. The number of morpholine rings is 1. The number of benzene rings is 1. The second kappa shape index (κ2) is 6.10. The van der Waals surface area contributed by atoms with Gasteiger partial charge < -0.3 is 9.64 Å². The lowest BCUT2D eigenvalue weighted by atomic mass is 9.88. The normalized spacial score (nSPS) is 19.7. The van der Waals surface area contributed by atoms with E-state index in [0.717, 1.165) is 47.8 Å². The maximum atomic E-state index is 13.5. The SMILES string of the molecule is Cc1ccc2nc3c(c(C(=O)N4CCOC(C)(C)C4)c2c1)CCCC3. The quantitative estimate of drug-likeness (QED) is 0.797. The van der Waals surface area contributed by atoms with Gasteiger partial charge in [-0.3, -0.25) is 9.78 Å². The topological polar surface area (TPSA) is 42.4 Å². The molecule has 132 valence electrons. The molecule has 0 atom stereocenters. The zero-order chi connectivity index (χ0) is 17.6. The van der Waals surface area contributed by atoms with Crippen LogP contribution in [0.4, 0.5) is 0 Å². The molecule has 0 saturated carbocycles. The van der Waals surface area contributed by atoms with Crippen LogP contribution in [0.1, 0.15) is 53.9 Å². The van der Waals surface area contributed by atoms with Crippen molar-refractivity contribution < 1.29 is 9.53 Å². The largest absolute Gasteiger partial charge is 0.372 e. The van der Waals surface area contributed by atoms with E-state index < -0.39 is 0 Å². The molecule has 1 aliphatic carbocycles. The van der Waals surface area contributed by atoms with Crippen molar-refractivity contribution in [2.45, 2.75) is 52.1 Å². The molecule has 0 radical (unpaired) electrons. The van der Waals surface area contributed by atoms with Crippen molar-refractivity contribution in [3.8, 4) is 0 Å². The van der Waals surface area contributed by atoms with Gasteiger partial charge in [0.05, 0.1) is 23.3 Å². The van der Waals surface area contributed by atoms with Gasteiger partial charge in [-0.2, -0.15) is 0 Å². The summed E-state index contributed by atoms with van der Waals surface area (Å²) in [6.07, 6.45) is 4.24. The maximum absolute atomic E-state index is 13.5. The van der Waals surface area contributed by atoms with Crippen LogP contribution in [0.5, 0.6) is 0 Å². The Morgan fingerprint density at radius 3 is 2.84 bits per heavy atom. The van der Waals surface area contributed by atoms with Gasteiger partial charge in [0.1, 0.15) is 0 Å². The fourth-order valence-corrected chi connectivity index (χ4v) is 4.13. The molecule has 0 N–H and O–H groups in total. The highest BCUT2D eigenvalue weighted by Gasteiger charge is 2.33. The minimum atomic E-state index is -0.285. The molecule has 0 spiro atoms. The van der Waals surface area contributed by atoms with Crippen molar-refractivity contribution in [1.82, 2.24) is 9.88 Å². The van der Waals surface area contributed by atoms with E-state index >= 15 is 0 Å². The maximum Gasteiger partial charge on any atom is 0.255 e. The summed E-state index contributed by atoms with van der Waals surface area (Å²) < 4.78 is 5.79. The molecule has 4 heteroatoms. The molecule has 2 aliphatic rings. The number of aromatic nitrogens is 1. The second-order valence-corrected chi connectivity index (χ2v) is 7.97. The van der Waals surface area contributed by atoms with E-state index in [-0.39, 0.29) is 11.5 Å². The van der Waals surface area contributed by atoms with Crippen molar-refractivity contribution in [2.75, 3.05) is 19.7 Å². The first-order valence-electron chi connectivity index (χ1n) is 9.30. The van der Waals surface area contributed by atoms with E-state index in [2.05, 4.69) is 39.0 Å². The summed E-state index contributed by atoms with van der Waals surface area (Å²) in [6, 6.07) is 6.26. The molecule has 1 saturated heterocycles. The van der Waals surface area contributed by atoms with Crippen LogP contribution in [-0.2, 0) is 17.6 Å². The number of hydrogen-bond acceptors (Lipinski definition) is 3. The molecule has 25 heavy (non-hydrogen) atoms. The van der Waals surface area contributed by atoms with Crippen LogP contribution in [0.15, 0.2) is 18.2 Å². The molecule has 4 rings (SSSR count). The van der Waals surface area contributed by atoms with E-state index in [4.69, 9.17) is 9.72 Å². The first-order chi connectivity index (χ1) is 11.9. The summed E-state index contributed by atoms with van der Waals surface area (Å²) in [5.41, 5.74) is 5.02. The molecule has 1 fully saturated rings. The van der Waals surface area contributed by atoms with Crippen molar-refractivity contribution >= 4 is 16.8 Å². The van der Waals surface area contributed by atoms with Crippen molar-refractivity contribution in [2.24, 2.45) is 0 Å². The Morgan fingerprint density at radius 1 is 1.24 bits per heavy atom. The molecule has 2 aromatic rings. The summed E-state index contributed by atoms with van der Waals surface area (Å²) in [7, 11) is 0. The minimum Gasteiger partial charge on any atom is -0.372 e. The Bertz CT molecular complexity index is 841. The summed E-state index contributed by atoms with van der Waals surface area (Å²) in [6.45, 7) is 8.07. The average Bonchev–Trinajstić information content (AvgIpc) is 2.58. The first-order valence-corrected chi connectivity index (χ1v) is 9.30. The lowest BCUT2D eigenvalue weighted by Gasteiger charge is -2.38. The number of aryl methyl sites for hydroxylation is 2. The van der Waals surface area contributed by atoms with Gasteiger partial charge in [0, 0.05) is 24.2 Å². The third kappa shape index (κ3) is 3.04. The van der Waals surface area contributed by atoms with Gasteiger partial charge in [-0.1, -0.05) is 11.6 Å². The monoisotopic (exact) mass is 338 g/mol. The number of pyridine rings is 1. The predicted octanol–water partition coefficient (Wildman–Crippen LogP) is 3.67. The smallest absolute Gasteiger partial charge is 0.255 e. The number of rotatable bonds is 1. The zero-order valence-corrected chi connectivity index (χ0v) is 15.4. The minimum absolute atomic E-state index is 0.146. The summed E-state index contributed by atoms with van der Waals surface area (Å²) >= 11 is 0. The van der Waals surface area contributed by atoms with Crippen LogP contribution in [0.3, 0.4) is 0 Å². The van der Waals surface area contributed by atoms with E-state index in [1.807, 2.05) is 4.90 Å². The van der Waals surface area contributed by atoms with Crippen molar-refractivity contribution in [3.63, 3.8) is 0 Å². The zero-order valence-electron chi connectivity index (χ0n) is 15.4. The fourth-order valence-electron chi connectivity index (χ4n) is 4.13. The van der Waals surface area contributed by atoms with Gasteiger partial charge in [0.15, 0.2) is 0 Å². The van der Waals surface area contributed by atoms with Crippen LogP contribution >= 0.6 is 0 Å². The molecule has 0 unspecified atom stereocenters. The van der Waals surface area contributed by atoms with Gasteiger partial charge in [0.25, 0.3) is 5.91 Å². The third-order valence-corrected chi connectivity index (χ3v) is 5.34. The highest BCUT2D eigenvalue weighted by molar-refractivity contribution is 6.08. The van der Waals surface area contributed by atoms with E-state index in [9.17, 15) is 4.79 Å². The van der Waals surface area contributed by atoms with Crippen LogP contribution in [0.25, 0.3) is 10.9 Å². The summed E-state index contributed by atoms with van der Waals surface area (Å²) in [5.74, 6) is 0.146.